The largest absolute Gasteiger partial charge is 0.471 e. The molecular weight excluding hydrogens is 147 g/mol. The minimum atomic E-state index is -4.79. The minimum Gasteiger partial charge on any atom is -0.325 e. The van der Waals surface area contributed by atoms with Gasteiger partial charge in [0.2, 0.25) is 0 Å². The molecule has 1 amide bonds. The van der Waals surface area contributed by atoms with Gasteiger partial charge in [0.05, 0.1) is 0 Å². The molecule has 0 saturated heterocycles. The van der Waals surface area contributed by atoms with E-state index in [1.807, 2.05) is 0 Å². The summed E-state index contributed by atoms with van der Waals surface area (Å²) in [5.41, 5.74) is 0. The van der Waals surface area contributed by atoms with E-state index >= 15 is 0 Å². The molecule has 0 aromatic carbocycles. The normalized spacial score (nSPS) is 12.0. The van der Waals surface area contributed by atoms with Crippen molar-refractivity contribution in [1.29, 1.82) is 0 Å². The van der Waals surface area contributed by atoms with Crippen LogP contribution in [0.4, 0.5) is 13.2 Å². The van der Waals surface area contributed by atoms with Crippen LogP contribution in [0.1, 0.15) is 6.92 Å². The summed E-state index contributed by atoms with van der Waals surface area (Å²) in [5, 5.41) is 1.53. The molecule has 0 atom stereocenters. The molecule has 0 aromatic heterocycles. The Balaban J connectivity index is 3.86. The van der Waals surface area contributed by atoms with Crippen molar-refractivity contribution >= 4 is 5.91 Å². The van der Waals surface area contributed by atoms with E-state index in [4.69, 9.17) is 0 Å². The lowest BCUT2D eigenvalue weighted by atomic mass is 10.6. The molecule has 0 aliphatic heterocycles. The number of alkyl halides is 3. The number of rotatable bonds is 1. The Kier molecular flexibility index (Phi) is 2.92. The first-order valence-electron chi connectivity index (χ1n) is 2.47. The molecule has 0 saturated carbocycles. The van der Waals surface area contributed by atoms with Gasteiger partial charge in [-0.05, 0) is 13.1 Å². The lowest BCUT2D eigenvalue weighted by Crippen LogP contribution is -2.33. The second kappa shape index (κ2) is 3.24. The first-order valence-corrected chi connectivity index (χ1v) is 2.47. The summed E-state index contributed by atoms with van der Waals surface area (Å²) in [4.78, 5) is 9.94. The van der Waals surface area contributed by atoms with Gasteiger partial charge in [-0.1, -0.05) is 6.08 Å². The van der Waals surface area contributed by atoms with Crippen LogP contribution in [0.2, 0.25) is 0 Å². The van der Waals surface area contributed by atoms with Crippen LogP contribution in [-0.4, -0.2) is 12.1 Å². The zero-order chi connectivity index (χ0) is 8.20. The monoisotopic (exact) mass is 153 g/mol. The van der Waals surface area contributed by atoms with E-state index in [0.29, 0.717) is 0 Å². The average Bonchev–Trinajstić information content (AvgIpc) is 1.80. The standard InChI is InChI=1S/C5H6F3NO/c1-2-3-9-4(10)5(6,7)8/h2-3H,1H3,(H,9,10)/b3-2-. The Morgan fingerprint density at radius 2 is 2.00 bits per heavy atom. The van der Waals surface area contributed by atoms with Gasteiger partial charge in [0.15, 0.2) is 0 Å². The maximum Gasteiger partial charge on any atom is 0.471 e. The summed E-state index contributed by atoms with van der Waals surface area (Å²) in [5.74, 6) is -1.95. The van der Waals surface area contributed by atoms with Crippen molar-refractivity contribution < 1.29 is 18.0 Å². The Hall–Kier alpha value is -1.00. The highest BCUT2D eigenvalue weighted by molar-refractivity contribution is 5.82. The SMILES string of the molecule is C/C=C\NC(=O)C(F)(F)F. The summed E-state index contributed by atoms with van der Waals surface area (Å²) < 4.78 is 34.0. The van der Waals surface area contributed by atoms with Crippen LogP contribution in [0.25, 0.3) is 0 Å². The van der Waals surface area contributed by atoms with E-state index in [0.717, 1.165) is 6.20 Å². The molecule has 0 aliphatic rings. The topological polar surface area (TPSA) is 29.1 Å². The third-order valence-electron chi connectivity index (χ3n) is 0.639. The van der Waals surface area contributed by atoms with Crippen LogP contribution in [-0.2, 0) is 4.79 Å². The Bertz CT molecular complexity index is 149. The molecule has 0 bridgehead atoms. The molecule has 5 heteroatoms. The van der Waals surface area contributed by atoms with Gasteiger partial charge < -0.3 is 5.32 Å². The number of carbonyl (C=O) groups excluding carboxylic acids is 1. The number of hydrogen-bond donors (Lipinski definition) is 1. The highest BCUT2D eigenvalue weighted by Gasteiger charge is 2.37. The van der Waals surface area contributed by atoms with E-state index < -0.39 is 12.1 Å². The third-order valence-corrected chi connectivity index (χ3v) is 0.639. The Labute approximate surface area is 55.7 Å². The molecule has 0 aromatic rings. The van der Waals surface area contributed by atoms with Crippen molar-refractivity contribution in [1.82, 2.24) is 5.32 Å². The van der Waals surface area contributed by atoms with Gasteiger partial charge in [-0.2, -0.15) is 13.2 Å². The molecule has 0 unspecified atom stereocenters. The molecule has 0 aliphatic carbocycles. The van der Waals surface area contributed by atoms with E-state index in [1.54, 1.807) is 0 Å². The van der Waals surface area contributed by atoms with Gasteiger partial charge >= 0.3 is 12.1 Å². The van der Waals surface area contributed by atoms with Gasteiger partial charge in [0, 0.05) is 0 Å². The van der Waals surface area contributed by atoms with Gasteiger partial charge in [0.1, 0.15) is 0 Å². The number of halogens is 3. The van der Waals surface area contributed by atoms with Crippen LogP contribution < -0.4 is 5.32 Å². The zero-order valence-electron chi connectivity index (χ0n) is 5.20. The third kappa shape index (κ3) is 3.11. The van der Waals surface area contributed by atoms with Crippen molar-refractivity contribution in [3.8, 4) is 0 Å². The maximum absolute atomic E-state index is 11.3. The van der Waals surface area contributed by atoms with Crippen LogP contribution >= 0.6 is 0 Å². The summed E-state index contributed by atoms with van der Waals surface area (Å²) >= 11 is 0. The van der Waals surface area contributed by atoms with Crippen molar-refractivity contribution in [3.05, 3.63) is 12.3 Å². The van der Waals surface area contributed by atoms with Crippen LogP contribution in [0.3, 0.4) is 0 Å². The van der Waals surface area contributed by atoms with Crippen molar-refractivity contribution in [2.24, 2.45) is 0 Å². The predicted molar refractivity (Wildman–Crippen MR) is 29.0 cm³/mol. The fourth-order valence-electron chi connectivity index (χ4n) is 0.241. The summed E-state index contributed by atoms with van der Waals surface area (Å²) in [7, 11) is 0. The number of amides is 1. The Morgan fingerprint density at radius 3 is 2.30 bits per heavy atom. The second-order valence-electron chi connectivity index (χ2n) is 1.47. The molecule has 0 fully saturated rings. The van der Waals surface area contributed by atoms with Gasteiger partial charge in [-0.15, -0.1) is 0 Å². The first kappa shape index (κ1) is 9.00. The van der Waals surface area contributed by atoms with E-state index in [2.05, 4.69) is 0 Å². The number of carbonyl (C=O) groups is 1. The molecule has 0 spiro atoms. The molecular formula is C5H6F3NO. The molecule has 0 heterocycles. The van der Waals surface area contributed by atoms with Gasteiger partial charge in [-0.3, -0.25) is 4.79 Å². The van der Waals surface area contributed by atoms with Crippen molar-refractivity contribution in [3.63, 3.8) is 0 Å². The van der Waals surface area contributed by atoms with Crippen LogP contribution in [0.5, 0.6) is 0 Å². The Morgan fingerprint density at radius 1 is 1.50 bits per heavy atom. The summed E-state index contributed by atoms with van der Waals surface area (Å²) in [6.45, 7) is 1.50. The molecule has 10 heavy (non-hydrogen) atoms. The predicted octanol–water partition coefficient (Wildman–Crippen LogP) is 1.20. The fourth-order valence-corrected chi connectivity index (χ4v) is 0.241. The highest BCUT2D eigenvalue weighted by Crippen LogP contribution is 2.13. The quantitative estimate of drug-likeness (QED) is 0.602. The van der Waals surface area contributed by atoms with Gasteiger partial charge in [-0.25, -0.2) is 0 Å². The van der Waals surface area contributed by atoms with Crippen molar-refractivity contribution in [2.75, 3.05) is 0 Å². The summed E-state index contributed by atoms with van der Waals surface area (Å²) in [6.07, 6.45) is -2.57. The lowest BCUT2D eigenvalue weighted by Gasteiger charge is -2.02. The molecule has 2 nitrogen and oxygen atoms in total. The number of allylic oxidation sites excluding steroid dienone is 1. The maximum atomic E-state index is 11.3. The number of nitrogens with one attached hydrogen (secondary N) is 1. The smallest absolute Gasteiger partial charge is 0.325 e. The zero-order valence-corrected chi connectivity index (χ0v) is 5.20. The fraction of sp³-hybridized carbons (Fsp3) is 0.400. The molecule has 1 N–H and O–H groups in total. The minimum absolute atomic E-state index is 0.926. The van der Waals surface area contributed by atoms with Crippen LogP contribution in [0.15, 0.2) is 12.3 Å². The highest BCUT2D eigenvalue weighted by atomic mass is 19.4. The van der Waals surface area contributed by atoms with Gasteiger partial charge in [0.25, 0.3) is 0 Å². The van der Waals surface area contributed by atoms with E-state index in [1.165, 1.54) is 18.3 Å². The number of hydrogen-bond acceptors (Lipinski definition) is 1. The lowest BCUT2D eigenvalue weighted by molar-refractivity contribution is -0.172. The van der Waals surface area contributed by atoms with E-state index in [9.17, 15) is 18.0 Å². The second-order valence-corrected chi connectivity index (χ2v) is 1.47. The summed E-state index contributed by atoms with van der Waals surface area (Å²) in [6, 6.07) is 0. The average molecular weight is 153 g/mol. The van der Waals surface area contributed by atoms with E-state index in [-0.39, 0.29) is 0 Å². The first-order chi connectivity index (χ1) is 4.48. The van der Waals surface area contributed by atoms with Crippen molar-refractivity contribution in [2.45, 2.75) is 13.1 Å². The molecule has 0 radical (unpaired) electrons. The molecule has 0 rings (SSSR count). The molecule has 58 valence electrons. The van der Waals surface area contributed by atoms with Crippen LogP contribution in [0, 0.1) is 0 Å².